The molecule has 25 heavy (non-hydrogen) atoms. The molecule has 1 aliphatic rings. The predicted octanol–water partition coefficient (Wildman–Crippen LogP) is 4.94. The SMILES string of the molecule is O=C(Nc1ccncc1)C1(c2cccc(C(F)(F)F)c2)CCCCC1. The van der Waals surface area contributed by atoms with Gasteiger partial charge in [-0.1, -0.05) is 37.5 Å². The molecule has 1 saturated carbocycles. The van der Waals surface area contributed by atoms with E-state index < -0.39 is 17.2 Å². The normalized spacial score (nSPS) is 17.1. The van der Waals surface area contributed by atoms with Crippen LogP contribution in [0.25, 0.3) is 0 Å². The summed E-state index contributed by atoms with van der Waals surface area (Å²) in [7, 11) is 0. The molecule has 0 aliphatic heterocycles. The monoisotopic (exact) mass is 348 g/mol. The Hall–Kier alpha value is -2.37. The van der Waals surface area contributed by atoms with Crippen molar-refractivity contribution in [1.82, 2.24) is 4.98 Å². The van der Waals surface area contributed by atoms with Crippen LogP contribution in [0.5, 0.6) is 0 Å². The van der Waals surface area contributed by atoms with E-state index in [0.717, 1.165) is 31.4 Å². The van der Waals surface area contributed by atoms with Gasteiger partial charge in [0, 0.05) is 18.1 Å². The largest absolute Gasteiger partial charge is 0.416 e. The fraction of sp³-hybridized carbons (Fsp3) is 0.368. The lowest BCUT2D eigenvalue weighted by Gasteiger charge is -2.36. The number of amides is 1. The van der Waals surface area contributed by atoms with E-state index in [9.17, 15) is 18.0 Å². The van der Waals surface area contributed by atoms with Crippen LogP contribution in [0.1, 0.15) is 43.2 Å². The zero-order valence-corrected chi connectivity index (χ0v) is 13.6. The van der Waals surface area contributed by atoms with Gasteiger partial charge in [0.1, 0.15) is 0 Å². The van der Waals surface area contributed by atoms with Crippen LogP contribution in [0.3, 0.4) is 0 Å². The van der Waals surface area contributed by atoms with Crippen molar-refractivity contribution in [3.8, 4) is 0 Å². The van der Waals surface area contributed by atoms with Gasteiger partial charge in [-0.15, -0.1) is 0 Å². The zero-order chi connectivity index (χ0) is 17.9. The molecule has 1 heterocycles. The maximum atomic E-state index is 13.1. The Labute approximate surface area is 144 Å². The number of aromatic nitrogens is 1. The average Bonchev–Trinajstić information content (AvgIpc) is 2.62. The maximum Gasteiger partial charge on any atom is 0.416 e. The topological polar surface area (TPSA) is 42.0 Å². The summed E-state index contributed by atoms with van der Waals surface area (Å²) in [6.45, 7) is 0. The Bertz CT molecular complexity index is 738. The van der Waals surface area contributed by atoms with E-state index in [0.29, 0.717) is 24.1 Å². The first-order valence-electron chi connectivity index (χ1n) is 8.31. The lowest BCUT2D eigenvalue weighted by atomic mass is 9.68. The fourth-order valence-corrected chi connectivity index (χ4v) is 3.48. The third-order valence-corrected chi connectivity index (χ3v) is 4.82. The van der Waals surface area contributed by atoms with Crippen molar-refractivity contribution in [2.24, 2.45) is 0 Å². The third kappa shape index (κ3) is 3.67. The minimum Gasteiger partial charge on any atom is -0.325 e. The smallest absolute Gasteiger partial charge is 0.325 e. The lowest BCUT2D eigenvalue weighted by Crippen LogP contribution is -2.42. The van der Waals surface area contributed by atoms with Crippen molar-refractivity contribution in [1.29, 1.82) is 0 Å². The molecule has 1 aliphatic carbocycles. The van der Waals surface area contributed by atoms with E-state index in [1.807, 2.05) is 0 Å². The van der Waals surface area contributed by atoms with Gasteiger partial charge in [-0.2, -0.15) is 13.2 Å². The number of nitrogens with one attached hydrogen (secondary N) is 1. The molecule has 1 fully saturated rings. The predicted molar refractivity (Wildman–Crippen MR) is 89.1 cm³/mol. The fourth-order valence-electron chi connectivity index (χ4n) is 3.48. The molecule has 1 amide bonds. The van der Waals surface area contributed by atoms with Gasteiger partial charge >= 0.3 is 6.18 Å². The van der Waals surface area contributed by atoms with Crippen LogP contribution in [-0.4, -0.2) is 10.9 Å². The van der Waals surface area contributed by atoms with Gasteiger partial charge in [0.2, 0.25) is 5.91 Å². The number of carbonyl (C=O) groups excluding carboxylic acids is 1. The molecule has 1 aromatic carbocycles. The number of rotatable bonds is 3. The molecular weight excluding hydrogens is 329 g/mol. The number of hydrogen-bond donors (Lipinski definition) is 1. The van der Waals surface area contributed by atoms with Crippen LogP contribution >= 0.6 is 0 Å². The Morgan fingerprint density at radius 2 is 1.72 bits per heavy atom. The van der Waals surface area contributed by atoms with Crippen molar-refractivity contribution in [3.05, 3.63) is 59.9 Å². The second kappa shape index (κ2) is 6.86. The third-order valence-electron chi connectivity index (χ3n) is 4.82. The van der Waals surface area contributed by atoms with Crippen LogP contribution in [-0.2, 0) is 16.4 Å². The number of hydrogen-bond acceptors (Lipinski definition) is 2. The van der Waals surface area contributed by atoms with E-state index in [1.165, 1.54) is 6.07 Å². The maximum absolute atomic E-state index is 13.1. The van der Waals surface area contributed by atoms with Crippen LogP contribution < -0.4 is 5.32 Å². The van der Waals surface area contributed by atoms with Crippen molar-refractivity contribution in [3.63, 3.8) is 0 Å². The van der Waals surface area contributed by atoms with Gasteiger partial charge in [0.15, 0.2) is 0 Å². The summed E-state index contributed by atoms with van der Waals surface area (Å²) in [5.41, 5.74) is -0.611. The van der Waals surface area contributed by atoms with Gasteiger partial charge < -0.3 is 5.32 Å². The quantitative estimate of drug-likeness (QED) is 0.853. The molecule has 0 spiro atoms. The minimum atomic E-state index is -4.42. The number of halogens is 3. The highest BCUT2D eigenvalue weighted by molar-refractivity contribution is 5.99. The molecule has 0 saturated heterocycles. The molecule has 0 unspecified atom stereocenters. The van der Waals surface area contributed by atoms with E-state index in [2.05, 4.69) is 10.3 Å². The molecular formula is C19H19F3N2O. The van der Waals surface area contributed by atoms with Gasteiger partial charge in [-0.25, -0.2) is 0 Å². The first-order chi connectivity index (χ1) is 11.9. The Kier molecular flexibility index (Phi) is 4.79. The first-order valence-corrected chi connectivity index (χ1v) is 8.31. The molecule has 0 bridgehead atoms. The summed E-state index contributed by atoms with van der Waals surface area (Å²) in [6.07, 6.45) is 2.42. The standard InChI is InChI=1S/C19H19F3N2O/c20-19(21,22)15-6-4-5-14(13-15)18(9-2-1-3-10-18)17(25)24-16-7-11-23-12-8-16/h4-8,11-13H,1-3,9-10H2,(H,23,24,25). The Morgan fingerprint density at radius 1 is 1.04 bits per heavy atom. The highest BCUT2D eigenvalue weighted by Gasteiger charge is 2.42. The molecule has 0 atom stereocenters. The van der Waals surface area contributed by atoms with Crippen LogP contribution in [0, 0.1) is 0 Å². The number of alkyl halides is 3. The Balaban J connectivity index is 1.98. The van der Waals surface area contributed by atoms with Crippen LogP contribution in [0.15, 0.2) is 48.8 Å². The second-order valence-corrected chi connectivity index (χ2v) is 6.41. The van der Waals surface area contributed by atoms with Gasteiger partial charge in [0.05, 0.1) is 11.0 Å². The highest BCUT2D eigenvalue weighted by Crippen LogP contribution is 2.42. The molecule has 2 aromatic rings. The lowest BCUT2D eigenvalue weighted by molar-refractivity contribution is -0.137. The molecule has 6 heteroatoms. The summed E-state index contributed by atoms with van der Waals surface area (Å²) in [5.74, 6) is -0.252. The van der Waals surface area contributed by atoms with Crippen LogP contribution in [0.4, 0.5) is 18.9 Å². The van der Waals surface area contributed by atoms with Crippen LogP contribution in [0.2, 0.25) is 0 Å². The molecule has 0 radical (unpaired) electrons. The number of benzene rings is 1. The number of anilines is 1. The zero-order valence-electron chi connectivity index (χ0n) is 13.6. The van der Waals surface area contributed by atoms with E-state index in [1.54, 1.807) is 30.6 Å². The van der Waals surface area contributed by atoms with Crippen molar-refractivity contribution >= 4 is 11.6 Å². The number of carbonyl (C=O) groups is 1. The minimum absolute atomic E-state index is 0.252. The average molecular weight is 348 g/mol. The van der Waals surface area contributed by atoms with Gasteiger partial charge in [-0.05, 0) is 36.6 Å². The van der Waals surface area contributed by atoms with Gasteiger partial charge in [0.25, 0.3) is 0 Å². The molecule has 132 valence electrons. The van der Waals surface area contributed by atoms with Crippen molar-refractivity contribution < 1.29 is 18.0 Å². The highest BCUT2D eigenvalue weighted by atomic mass is 19.4. The first kappa shape index (κ1) is 17.5. The number of pyridine rings is 1. The second-order valence-electron chi connectivity index (χ2n) is 6.41. The molecule has 1 aromatic heterocycles. The summed E-state index contributed by atoms with van der Waals surface area (Å²) < 4.78 is 39.3. The number of nitrogens with zero attached hydrogens (tertiary/aromatic N) is 1. The molecule has 3 rings (SSSR count). The summed E-state index contributed by atoms with van der Waals surface area (Å²) in [6, 6.07) is 8.51. The summed E-state index contributed by atoms with van der Waals surface area (Å²) in [4.78, 5) is 16.9. The summed E-state index contributed by atoms with van der Waals surface area (Å²) >= 11 is 0. The van der Waals surface area contributed by atoms with E-state index in [4.69, 9.17) is 0 Å². The van der Waals surface area contributed by atoms with Gasteiger partial charge in [-0.3, -0.25) is 9.78 Å². The molecule has 1 N–H and O–H groups in total. The van der Waals surface area contributed by atoms with Crippen molar-refractivity contribution in [2.45, 2.75) is 43.7 Å². The molecule has 3 nitrogen and oxygen atoms in total. The van der Waals surface area contributed by atoms with E-state index in [-0.39, 0.29) is 5.91 Å². The summed E-state index contributed by atoms with van der Waals surface area (Å²) in [5, 5.41) is 2.85. The Morgan fingerprint density at radius 3 is 2.36 bits per heavy atom. The van der Waals surface area contributed by atoms with E-state index >= 15 is 0 Å². The van der Waals surface area contributed by atoms with Crippen molar-refractivity contribution in [2.75, 3.05) is 5.32 Å².